The van der Waals surface area contributed by atoms with E-state index in [0.717, 1.165) is 9.87 Å². The third-order valence-corrected chi connectivity index (χ3v) is 8.81. The number of nitrogens with one attached hydrogen (secondary N) is 1. The molecule has 9 nitrogen and oxygen atoms in total. The first-order valence-corrected chi connectivity index (χ1v) is 14.4. The van der Waals surface area contributed by atoms with E-state index in [1.807, 2.05) is 6.92 Å². The summed E-state index contributed by atoms with van der Waals surface area (Å²) >= 11 is 12.2. The van der Waals surface area contributed by atoms with Crippen LogP contribution in [0.15, 0.2) is 65.6 Å². The zero-order valence-corrected chi connectivity index (χ0v) is 25.1. The number of likely N-dealkylation sites (N-methyl/N-ethyl adjacent to an activating group) is 1. The van der Waals surface area contributed by atoms with Gasteiger partial charge in [-0.1, -0.05) is 47.0 Å². The SMILES string of the molecule is CNC(=O)C(C)N(Cc1ccc(Cl)c(Cl)c1)C(=O)CN(c1cc(OC)ccc1OC)S(=O)(=O)c1ccc(C)cc1. The largest absolute Gasteiger partial charge is 0.497 e. The lowest BCUT2D eigenvalue weighted by Crippen LogP contribution is -2.50. The average Bonchev–Trinajstić information content (AvgIpc) is 2.95. The highest BCUT2D eigenvalue weighted by molar-refractivity contribution is 7.92. The number of hydrogen-bond donors (Lipinski definition) is 1. The molecule has 0 saturated heterocycles. The van der Waals surface area contributed by atoms with Gasteiger partial charge < -0.3 is 19.7 Å². The summed E-state index contributed by atoms with van der Waals surface area (Å²) in [6.07, 6.45) is 0. The van der Waals surface area contributed by atoms with Gasteiger partial charge in [-0.25, -0.2) is 8.42 Å². The monoisotopic (exact) mass is 607 g/mol. The Hall–Kier alpha value is -3.47. The maximum Gasteiger partial charge on any atom is 0.264 e. The molecule has 0 aliphatic rings. The zero-order valence-electron chi connectivity index (χ0n) is 22.8. The fourth-order valence-electron chi connectivity index (χ4n) is 3.97. The van der Waals surface area contributed by atoms with Gasteiger partial charge in [0.1, 0.15) is 24.1 Å². The molecule has 1 atom stereocenters. The topological polar surface area (TPSA) is 105 Å². The fourth-order valence-corrected chi connectivity index (χ4v) is 5.71. The summed E-state index contributed by atoms with van der Waals surface area (Å²) < 4.78 is 39.8. The van der Waals surface area contributed by atoms with Crippen LogP contribution in [0.1, 0.15) is 18.1 Å². The van der Waals surface area contributed by atoms with Crippen LogP contribution in [-0.4, -0.2) is 59.0 Å². The number of benzene rings is 3. The van der Waals surface area contributed by atoms with Crippen LogP contribution in [-0.2, 0) is 26.2 Å². The summed E-state index contributed by atoms with van der Waals surface area (Å²) in [5.41, 5.74) is 1.57. The number of amides is 2. The molecular weight excluding hydrogens is 577 g/mol. The second kappa shape index (κ2) is 13.3. The van der Waals surface area contributed by atoms with E-state index in [0.29, 0.717) is 16.3 Å². The second-order valence-corrected chi connectivity index (χ2v) is 11.6. The van der Waals surface area contributed by atoms with Crippen LogP contribution < -0.4 is 19.1 Å². The number of anilines is 1. The third kappa shape index (κ3) is 6.99. The number of rotatable bonds is 11. The molecule has 0 aromatic heterocycles. The number of ether oxygens (including phenoxy) is 2. The van der Waals surface area contributed by atoms with E-state index in [-0.39, 0.29) is 27.9 Å². The molecule has 40 heavy (non-hydrogen) atoms. The van der Waals surface area contributed by atoms with Crippen molar-refractivity contribution in [1.29, 1.82) is 0 Å². The minimum Gasteiger partial charge on any atom is -0.497 e. The van der Waals surface area contributed by atoms with E-state index in [9.17, 15) is 18.0 Å². The van der Waals surface area contributed by atoms with Gasteiger partial charge in [-0.05, 0) is 55.8 Å². The first-order chi connectivity index (χ1) is 18.9. The summed E-state index contributed by atoms with van der Waals surface area (Å²) in [6, 6.07) is 14.8. The number of sulfonamides is 1. The highest BCUT2D eigenvalue weighted by atomic mass is 35.5. The molecule has 214 valence electrons. The van der Waals surface area contributed by atoms with Gasteiger partial charge in [0.15, 0.2) is 0 Å². The van der Waals surface area contributed by atoms with Crippen molar-refractivity contribution < 1.29 is 27.5 Å². The number of carbonyl (C=O) groups is 2. The second-order valence-electron chi connectivity index (χ2n) is 8.92. The summed E-state index contributed by atoms with van der Waals surface area (Å²) in [5, 5.41) is 3.16. The van der Waals surface area contributed by atoms with Gasteiger partial charge >= 0.3 is 0 Å². The van der Waals surface area contributed by atoms with Crippen molar-refractivity contribution in [2.24, 2.45) is 0 Å². The molecule has 12 heteroatoms. The molecule has 3 aromatic carbocycles. The van der Waals surface area contributed by atoms with Crippen molar-refractivity contribution >= 4 is 50.7 Å². The summed E-state index contributed by atoms with van der Waals surface area (Å²) in [6.45, 7) is 2.73. The predicted molar refractivity (Wildman–Crippen MR) is 156 cm³/mol. The molecule has 0 radical (unpaired) electrons. The van der Waals surface area contributed by atoms with E-state index >= 15 is 0 Å². The van der Waals surface area contributed by atoms with E-state index in [4.69, 9.17) is 32.7 Å². The predicted octanol–water partition coefficient (Wildman–Crippen LogP) is 4.68. The molecule has 3 rings (SSSR count). The highest BCUT2D eigenvalue weighted by Gasteiger charge is 2.34. The van der Waals surface area contributed by atoms with Crippen LogP contribution in [0.3, 0.4) is 0 Å². The van der Waals surface area contributed by atoms with Crippen molar-refractivity contribution in [3.05, 3.63) is 81.8 Å². The molecule has 0 aliphatic carbocycles. The Balaban J connectivity index is 2.13. The number of halogens is 2. The molecule has 0 spiro atoms. The van der Waals surface area contributed by atoms with Gasteiger partial charge in [-0.15, -0.1) is 0 Å². The molecule has 3 aromatic rings. The minimum absolute atomic E-state index is 0.0221. The van der Waals surface area contributed by atoms with E-state index in [1.165, 1.54) is 44.4 Å². The third-order valence-electron chi connectivity index (χ3n) is 6.29. The van der Waals surface area contributed by atoms with Gasteiger partial charge in [-0.3, -0.25) is 13.9 Å². The molecular formula is C28H31Cl2N3O6S. The molecule has 0 bridgehead atoms. The molecule has 0 heterocycles. The normalized spacial score (nSPS) is 11.9. The van der Waals surface area contributed by atoms with E-state index in [2.05, 4.69) is 5.32 Å². The summed E-state index contributed by atoms with van der Waals surface area (Å²) in [7, 11) is 0.0126. The first kappa shape index (κ1) is 31.1. The van der Waals surface area contributed by atoms with Gasteiger partial charge in [0.2, 0.25) is 11.8 Å². The lowest BCUT2D eigenvalue weighted by molar-refractivity contribution is -0.139. The molecule has 0 fully saturated rings. The van der Waals surface area contributed by atoms with Crippen molar-refractivity contribution in [1.82, 2.24) is 10.2 Å². The first-order valence-electron chi connectivity index (χ1n) is 12.2. The standard InChI is InChI=1S/C28H31Cl2N3O6S/c1-18-6-10-22(11-7-18)40(36,37)33(25-15-21(38-4)9-13-26(25)39-5)17-27(34)32(19(2)28(35)31-3)16-20-8-12-23(29)24(30)14-20/h6-15,19H,16-17H2,1-5H3,(H,31,35). The van der Waals surface area contributed by atoms with Crippen molar-refractivity contribution in [2.75, 3.05) is 32.1 Å². The molecule has 0 saturated carbocycles. The highest BCUT2D eigenvalue weighted by Crippen LogP contribution is 2.36. The molecule has 0 aliphatic heterocycles. The molecule has 1 unspecified atom stereocenters. The van der Waals surface area contributed by atoms with Crippen LogP contribution in [0.5, 0.6) is 11.5 Å². The Kier molecular flexibility index (Phi) is 10.3. The summed E-state index contributed by atoms with van der Waals surface area (Å²) in [5.74, 6) is -0.499. The van der Waals surface area contributed by atoms with Crippen LogP contribution in [0, 0.1) is 6.92 Å². The average molecular weight is 609 g/mol. The summed E-state index contributed by atoms with van der Waals surface area (Å²) in [4.78, 5) is 27.8. The number of nitrogens with zero attached hydrogens (tertiary/aromatic N) is 2. The van der Waals surface area contributed by atoms with Crippen molar-refractivity contribution in [3.8, 4) is 11.5 Å². The number of hydrogen-bond acceptors (Lipinski definition) is 6. The Labute approximate surface area is 244 Å². The smallest absolute Gasteiger partial charge is 0.264 e. The zero-order chi connectivity index (χ0) is 29.6. The lowest BCUT2D eigenvalue weighted by Gasteiger charge is -2.32. The van der Waals surface area contributed by atoms with Gasteiger partial charge in [0.05, 0.1) is 34.8 Å². The number of aryl methyl sites for hydroxylation is 1. The number of methoxy groups -OCH3 is 2. The van der Waals surface area contributed by atoms with E-state index in [1.54, 1.807) is 49.4 Å². The van der Waals surface area contributed by atoms with Crippen molar-refractivity contribution in [2.45, 2.75) is 31.3 Å². The molecule has 1 N–H and O–H groups in total. The maximum atomic E-state index is 14.0. The van der Waals surface area contributed by atoms with Gasteiger partial charge in [0.25, 0.3) is 10.0 Å². The quantitative estimate of drug-likeness (QED) is 0.339. The van der Waals surface area contributed by atoms with Gasteiger partial charge in [0, 0.05) is 19.7 Å². The Bertz CT molecular complexity index is 1480. The Morgan fingerprint density at radius 1 is 0.950 bits per heavy atom. The van der Waals surface area contributed by atoms with Crippen LogP contribution in [0.4, 0.5) is 5.69 Å². The van der Waals surface area contributed by atoms with Gasteiger partial charge in [-0.2, -0.15) is 0 Å². The van der Waals surface area contributed by atoms with E-state index < -0.39 is 34.4 Å². The van der Waals surface area contributed by atoms with Crippen molar-refractivity contribution in [3.63, 3.8) is 0 Å². The lowest BCUT2D eigenvalue weighted by atomic mass is 10.1. The maximum absolute atomic E-state index is 14.0. The van der Waals surface area contributed by atoms with Crippen LogP contribution in [0.25, 0.3) is 0 Å². The fraction of sp³-hybridized carbons (Fsp3) is 0.286. The van der Waals surface area contributed by atoms with Crippen LogP contribution in [0.2, 0.25) is 10.0 Å². The van der Waals surface area contributed by atoms with Crippen LogP contribution >= 0.6 is 23.2 Å². The molecule has 2 amide bonds. The minimum atomic E-state index is -4.28. The Morgan fingerprint density at radius 3 is 2.20 bits per heavy atom. The Morgan fingerprint density at radius 2 is 1.62 bits per heavy atom. The number of carbonyl (C=O) groups excluding carboxylic acids is 2.